The van der Waals surface area contributed by atoms with E-state index in [1.54, 1.807) is 23.9 Å². The highest BCUT2D eigenvalue weighted by Crippen LogP contribution is 2.17. The molecule has 14 heavy (non-hydrogen) atoms. The quantitative estimate of drug-likeness (QED) is 0.582. The van der Waals surface area contributed by atoms with Crippen LogP contribution >= 0.6 is 11.8 Å². The molecule has 0 aromatic heterocycles. The third-order valence-electron chi connectivity index (χ3n) is 1.55. The van der Waals surface area contributed by atoms with E-state index in [0.717, 1.165) is 10.6 Å². The van der Waals surface area contributed by atoms with Crippen LogP contribution in [0, 0.1) is 5.82 Å². The predicted molar refractivity (Wildman–Crippen MR) is 55.0 cm³/mol. The zero-order valence-electron chi connectivity index (χ0n) is 7.78. The molecule has 0 bridgehead atoms. The van der Waals surface area contributed by atoms with Gasteiger partial charge in [0.05, 0.1) is 19.8 Å². The average molecular weight is 216 g/mol. The Morgan fingerprint density at radius 1 is 1.21 bits per heavy atom. The van der Waals surface area contributed by atoms with Crippen LogP contribution in [0.25, 0.3) is 0 Å². The second-order valence-corrected chi connectivity index (χ2v) is 3.81. The van der Waals surface area contributed by atoms with Gasteiger partial charge < -0.3 is 9.84 Å². The molecule has 0 heterocycles. The standard InChI is InChI=1S/C10H13FO2S/c11-9-1-3-10(4-2-9)14-8-7-13-6-5-12/h1-4,12H,5-8H2. The number of thioether (sulfide) groups is 1. The predicted octanol–water partition coefficient (Wildman–Crippen LogP) is 1.93. The number of aliphatic hydroxyl groups is 1. The Hall–Kier alpha value is -0.580. The van der Waals surface area contributed by atoms with Crippen molar-refractivity contribution < 1.29 is 14.2 Å². The number of halogens is 1. The maximum atomic E-state index is 12.5. The molecule has 0 spiro atoms. The van der Waals surface area contributed by atoms with Gasteiger partial charge in [-0.15, -0.1) is 11.8 Å². The lowest BCUT2D eigenvalue weighted by atomic mass is 10.4. The van der Waals surface area contributed by atoms with Gasteiger partial charge >= 0.3 is 0 Å². The molecule has 1 N–H and O–H groups in total. The third-order valence-corrected chi connectivity index (χ3v) is 2.52. The molecule has 0 fully saturated rings. The highest BCUT2D eigenvalue weighted by Gasteiger charge is 1.94. The molecule has 1 aromatic rings. The minimum Gasteiger partial charge on any atom is -0.394 e. The van der Waals surface area contributed by atoms with E-state index in [1.165, 1.54) is 12.1 Å². The molecular formula is C10H13FO2S. The van der Waals surface area contributed by atoms with Gasteiger partial charge in [-0.1, -0.05) is 0 Å². The fourth-order valence-corrected chi connectivity index (χ4v) is 1.68. The molecule has 1 aromatic carbocycles. The van der Waals surface area contributed by atoms with Gasteiger partial charge in [-0.3, -0.25) is 0 Å². The molecule has 1 rings (SSSR count). The van der Waals surface area contributed by atoms with Crippen molar-refractivity contribution in [1.82, 2.24) is 0 Å². The number of rotatable bonds is 6. The number of benzene rings is 1. The first-order valence-electron chi connectivity index (χ1n) is 4.40. The molecule has 0 aliphatic rings. The van der Waals surface area contributed by atoms with E-state index in [-0.39, 0.29) is 12.4 Å². The second-order valence-electron chi connectivity index (χ2n) is 2.64. The van der Waals surface area contributed by atoms with E-state index in [4.69, 9.17) is 9.84 Å². The minimum absolute atomic E-state index is 0.0568. The van der Waals surface area contributed by atoms with Crippen molar-refractivity contribution in [2.24, 2.45) is 0 Å². The summed E-state index contributed by atoms with van der Waals surface area (Å²) in [6, 6.07) is 6.37. The van der Waals surface area contributed by atoms with E-state index in [9.17, 15) is 4.39 Å². The van der Waals surface area contributed by atoms with Crippen LogP contribution in [-0.4, -0.2) is 30.7 Å². The summed E-state index contributed by atoms with van der Waals surface area (Å²) in [5, 5.41) is 8.44. The highest BCUT2D eigenvalue weighted by atomic mass is 32.2. The van der Waals surface area contributed by atoms with Crippen LogP contribution in [0.2, 0.25) is 0 Å². The van der Waals surface area contributed by atoms with Gasteiger partial charge in [0.25, 0.3) is 0 Å². The van der Waals surface area contributed by atoms with Gasteiger partial charge in [-0.25, -0.2) is 4.39 Å². The molecule has 2 nitrogen and oxygen atoms in total. The number of hydrogen-bond donors (Lipinski definition) is 1. The van der Waals surface area contributed by atoms with Crippen LogP contribution in [0.15, 0.2) is 29.2 Å². The van der Waals surface area contributed by atoms with Gasteiger partial charge in [-0.2, -0.15) is 0 Å². The Kier molecular flexibility index (Phi) is 5.59. The fraction of sp³-hybridized carbons (Fsp3) is 0.400. The molecule has 0 atom stereocenters. The first-order chi connectivity index (χ1) is 6.83. The Morgan fingerprint density at radius 3 is 2.57 bits per heavy atom. The fourth-order valence-electron chi connectivity index (χ4n) is 0.916. The molecule has 78 valence electrons. The van der Waals surface area contributed by atoms with Crippen molar-refractivity contribution in [2.45, 2.75) is 4.90 Å². The Bertz CT molecular complexity index is 251. The lowest BCUT2D eigenvalue weighted by Gasteiger charge is -2.02. The number of hydrogen-bond acceptors (Lipinski definition) is 3. The molecule has 0 unspecified atom stereocenters. The van der Waals surface area contributed by atoms with E-state index in [1.807, 2.05) is 0 Å². The maximum Gasteiger partial charge on any atom is 0.123 e. The van der Waals surface area contributed by atoms with Crippen molar-refractivity contribution in [3.8, 4) is 0 Å². The SMILES string of the molecule is OCCOCCSc1ccc(F)cc1. The van der Waals surface area contributed by atoms with Crippen molar-refractivity contribution in [2.75, 3.05) is 25.6 Å². The van der Waals surface area contributed by atoms with Crippen molar-refractivity contribution in [1.29, 1.82) is 0 Å². The highest BCUT2D eigenvalue weighted by molar-refractivity contribution is 7.99. The van der Waals surface area contributed by atoms with Crippen LogP contribution in [0.1, 0.15) is 0 Å². The van der Waals surface area contributed by atoms with Gasteiger partial charge in [-0.05, 0) is 24.3 Å². The van der Waals surface area contributed by atoms with E-state index in [2.05, 4.69) is 0 Å². The maximum absolute atomic E-state index is 12.5. The summed E-state index contributed by atoms with van der Waals surface area (Å²) in [7, 11) is 0. The smallest absolute Gasteiger partial charge is 0.123 e. The second kappa shape index (κ2) is 6.81. The summed E-state index contributed by atoms with van der Waals surface area (Å²) in [5.41, 5.74) is 0. The lowest BCUT2D eigenvalue weighted by Crippen LogP contribution is -2.02. The van der Waals surface area contributed by atoms with Crippen LogP contribution in [-0.2, 0) is 4.74 Å². The Balaban J connectivity index is 2.15. The minimum atomic E-state index is -0.217. The molecule has 0 radical (unpaired) electrons. The van der Waals surface area contributed by atoms with Crippen LogP contribution in [0.4, 0.5) is 4.39 Å². The van der Waals surface area contributed by atoms with E-state index >= 15 is 0 Å². The molecular weight excluding hydrogens is 203 g/mol. The summed E-state index contributed by atoms with van der Waals surface area (Å²) in [6.45, 7) is 1.04. The number of ether oxygens (including phenoxy) is 1. The first-order valence-corrected chi connectivity index (χ1v) is 5.38. The molecule has 4 heteroatoms. The topological polar surface area (TPSA) is 29.5 Å². The largest absolute Gasteiger partial charge is 0.394 e. The summed E-state index contributed by atoms with van der Waals surface area (Å²) >= 11 is 1.61. The summed E-state index contributed by atoms with van der Waals surface area (Å²) in [6.07, 6.45) is 0. The van der Waals surface area contributed by atoms with Crippen LogP contribution in [0.3, 0.4) is 0 Å². The molecule has 0 aliphatic heterocycles. The normalized spacial score (nSPS) is 10.4. The monoisotopic (exact) mass is 216 g/mol. The molecule has 0 saturated carbocycles. The molecule has 0 amide bonds. The number of aliphatic hydroxyl groups excluding tert-OH is 1. The van der Waals surface area contributed by atoms with Gasteiger partial charge in [0, 0.05) is 10.6 Å². The van der Waals surface area contributed by atoms with E-state index < -0.39 is 0 Å². The zero-order chi connectivity index (χ0) is 10.2. The zero-order valence-corrected chi connectivity index (χ0v) is 8.60. The molecule has 0 saturated heterocycles. The Morgan fingerprint density at radius 2 is 1.93 bits per heavy atom. The average Bonchev–Trinajstić information content (AvgIpc) is 2.21. The first kappa shape index (κ1) is 11.5. The van der Waals surface area contributed by atoms with Crippen molar-refractivity contribution >= 4 is 11.8 Å². The van der Waals surface area contributed by atoms with Crippen molar-refractivity contribution in [3.63, 3.8) is 0 Å². The van der Waals surface area contributed by atoms with Crippen LogP contribution < -0.4 is 0 Å². The third kappa shape index (κ3) is 4.60. The summed E-state index contributed by atoms with van der Waals surface area (Å²) < 4.78 is 17.6. The van der Waals surface area contributed by atoms with Crippen molar-refractivity contribution in [3.05, 3.63) is 30.1 Å². The van der Waals surface area contributed by atoms with Crippen LogP contribution in [0.5, 0.6) is 0 Å². The lowest BCUT2D eigenvalue weighted by molar-refractivity contribution is 0.103. The van der Waals surface area contributed by atoms with Gasteiger partial charge in [0.2, 0.25) is 0 Å². The summed E-state index contributed by atoms with van der Waals surface area (Å²) in [4.78, 5) is 1.03. The van der Waals surface area contributed by atoms with Gasteiger partial charge in [0.1, 0.15) is 5.82 Å². The summed E-state index contributed by atoms with van der Waals surface area (Å²) in [5.74, 6) is 0.594. The van der Waals surface area contributed by atoms with Gasteiger partial charge in [0.15, 0.2) is 0 Å². The Labute approximate surface area is 87.1 Å². The molecule has 0 aliphatic carbocycles. The van der Waals surface area contributed by atoms with E-state index in [0.29, 0.717) is 13.2 Å².